The first kappa shape index (κ1) is 11.6. The number of likely N-dealkylation sites (N-methyl/N-ethyl adjacent to an activating group) is 1. The van der Waals surface area contributed by atoms with Gasteiger partial charge in [0, 0.05) is 25.5 Å². The Balaban J connectivity index is 1.65. The van der Waals surface area contributed by atoms with Gasteiger partial charge in [0.15, 0.2) is 0 Å². The summed E-state index contributed by atoms with van der Waals surface area (Å²) >= 11 is 0. The van der Waals surface area contributed by atoms with Crippen LogP contribution in [0, 0.1) is 5.92 Å². The van der Waals surface area contributed by atoms with Crippen molar-refractivity contribution < 1.29 is 0 Å². The van der Waals surface area contributed by atoms with Gasteiger partial charge in [-0.25, -0.2) is 0 Å². The van der Waals surface area contributed by atoms with Crippen LogP contribution in [0.5, 0.6) is 0 Å². The first-order valence-electron chi connectivity index (χ1n) is 6.21. The third-order valence-electron chi connectivity index (χ3n) is 3.24. The second kappa shape index (κ2) is 6.01. The van der Waals surface area contributed by atoms with Crippen molar-refractivity contribution in [1.29, 1.82) is 0 Å². The van der Waals surface area contributed by atoms with Crippen molar-refractivity contribution in [2.75, 3.05) is 33.2 Å². The van der Waals surface area contributed by atoms with Crippen LogP contribution in [0.4, 0.5) is 0 Å². The maximum absolute atomic E-state index is 4.21. The van der Waals surface area contributed by atoms with E-state index in [0.29, 0.717) is 0 Å². The molecule has 4 heteroatoms. The molecule has 2 heterocycles. The lowest BCUT2D eigenvalue weighted by Gasteiger charge is -2.27. The average Bonchev–Trinajstić information content (AvgIpc) is 2.81. The number of piperidine rings is 1. The molecule has 1 aromatic heterocycles. The lowest BCUT2D eigenvalue weighted by molar-refractivity contribution is 0.234. The molecule has 1 aliphatic heterocycles. The summed E-state index contributed by atoms with van der Waals surface area (Å²) in [5.41, 5.74) is 0. The van der Waals surface area contributed by atoms with Crippen LogP contribution in [-0.4, -0.2) is 47.9 Å². The summed E-state index contributed by atoms with van der Waals surface area (Å²) in [5, 5.41) is 7.68. The molecule has 1 atom stereocenters. The minimum Gasteiger partial charge on any atom is -0.316 e. The standard InChI is InChI=1S/C12H22N4/c1-15(8-9-16-7-3-6-14-16)11-12-4-2-5-13-10-12/h3,6-7,12-13H,2,4-5,8-11H2,1H3. The highest BCUT2D eigenvalue weighted by Crippen LogP contribution is 2.10. The van der Waals surface area contributed by atoms with Gasteiger partial charge in [-0.15, -0.1) is 0 Å². The van der Waals surface area contributed by atoms with Crippen LogP contribution >= 0.6 is 0 Å². The van der Waals surface area contributed by atoms with Crippen LogP contribution in [0.1, 0.15) is 12.8 Å². The van der Waals surface area contributed by atoms with Crippen LogP contribution in [0.25, 0.3) is 0 Å². The molecule has 0 spiro atoms. The Labute approximate surface area is 97.6 Å². The summed E-state index contributed by atoms with van der Waals surface area (Å²) in [7, 11) is 2.21. The molecule has 16 heavy (non-hydrogen) atoms. The molecule has 1 unspecified atom stereocenters. The van der Waals surface area contributed by atoms with Crippen molar-refractivity contribution in [3.8, 4) is 0 Å². The highest BCUT2D eigenvalue weighted by atomic mass is 15.3. The Morgan fingerprint density at radius 1 is 1.56 bits per heavy atom. The average molecular weight is 222 g/mol. The quantitative estimate of drug-likeness (QED) is 0.800. The zero-order chi connectivity index (χ0) is 11.2. The second-order valence-electron chi connectivity index (χ2n) is 4.74. The number of nitrogens with one attached hydrogen (secondary N) is 1. The van der Waals surface area contributed by atoms with E-state index >= 15 is 0 Å². The smallest absolute Gasteiger partial charge is 0.0536 e. The summed E-state index contributed by atoms with van der Waals surface area (Å²) in [6.45, 7) is 5.66. The van der Waals surface area contributed by atoms with E-state index < -0.39 is 0 Å². The first-order valence-corrected chi connectivity index (χ1v) is 6.21. The first-order chi connectivity index (χ1) is 7.84. The predicted octanol–water partition coefficient (Wildman–Crippen LogP) is 0.815. The fourth-order valence-electron chi connectivity index (χ4n) is 2.32. The number of hydrogen-bond acceptors (Lipinski definition) is 3. The van der Waals surface area contributed by atoms with E-state index in [1.165, 1.54) is 32.5 Å². The summed E-state index contributed by atoms with van der Waals surface area (Å²) in [6.07, 6.45) is 6.57. The fourth-order valence-corrected chi connectivity index (χ4v) is 2.32. The molecule has 2 rings (SSSR count). The van der Waals surface area contributed by atoms with Gasteiger partial charge in [-0.1, -0.05) is 0 Å². The lowest BCUT2D eigenvalue weighted by Crippen LogP contribution is -2.37. The second-order valence-corrected chi connectivity index (χ2v) is 4.74. The van der Waals surface area contributed by atoms with E-state index in [0.717, 1.165) is 19.0 Å². The molecule has 0 bridgehead atoms. The minimum atomic E-state index is 0.830. The van der Waals surface area contributed by atoms with Gasteiger partial charge in [-0.2, -0.15) is 5.10 Å². The number of nitrogens with zero attached hydrogens (tertiary/aromatic N) is 3. The van der Waals surface area contributed by atoms with E-state index in [-0.39, 0.29) is 0 Å². The van der Waals surface area contributed by atoms with Gasteiger partial charge in [0.2, 0.25) is 0 Å². The van der Waals surface area contributed by atoms with Gasteiger partial charge in [-0.05, 0) is 45.0 Å². The van der Waals surface area contributed by atoms with Gasteiger partial charge in [0.1, 0.15) is 0 Å². The number of aromatic nitrogens is 2. The zero-order valence-corrected chi connectivity index (χ0v) is 10.1. The molecular weight excluding hydrogens is 200 g/mol. The lowest BCUT2D eigenvalue weighted by atomic mass is 9.99. The van der Waals surface area contributed by atoms with Crippen molar-refractivity contribution in [3.63, 3.8) is 0 Å². The van der Waals surface area contributed by atoms with E-state index in [1.807, 2.05) is 23.1 Å². The molecular formula is C12H22N4. The van der Waals surface area contributed by atoms with Crippen LogP contribution in [0.3, 0.4) is 0 Å². The summed E-state index contributed by atoms with van der Waals surface area (Å²) in [6, 6.07) is 1.98. The Bertz CT molecular complexity index is 277. The Morgan fingerprint density at radius 3 is 3.19 bits per heavy atom. The Morgan fingerprint density at radius 2 is 2.50 bits per heavy atom. The van der Waals surface area contributed by atoms with E-state index in [4.69, 9.17) is 0 Å². The molecule has 1 aromatic rings. The molecule has 0 radical (unpaired) electrons. The fraction of sp³-hybridized carbons (Fsp3) is 0.750. The highest BCUT2D eigenvalue weighted by molar-refractivity contribution is 4.78. The van der Waals surface area contributed by atoms with Crippen molar-refractivity contribution in [3.05, 3.63) is 18.5 Å². The Kier molecular flexibility index (Phi) is 4.36. The topological polar surface area (TPSA) is 33.1 Å². The number of rotatable bonds is 5. The van der Waals surface area contributed by atoms with E-state index in [2.05, 4.69) is 22.4 Å². The van der Waals surface area contributed by atoms with Gasteiger partial charge in [-0.3, -0.25) is 4.68 Å². The van der Waals surface area contributed by atoms with Crippen LogP contribution in [0.15, 0.2) is 18.5 Å². The molecule has 4 nitrogen and oxygen atoms in total. The molecule has 0 saturated carbocycles. The van der Waals surface area contributed by atoms with E-state index in [9.17, 15) is 0 Å². The van der Waals surface area contributed by atoms with Crippen molar-refractivity contribution in [1.82, 2.24) is 20.0 Å². The molecule has 1 N–H and O–H groups in total. The monoisotopic (exact) mass is 222 g/mol. The summed E-state index contributed by atoms with van der Waals surface area (Å²) < 4.78 is 2.00. The van der Waals surface area contributed by atoms with Crippen molar-refractivity contribution >= 4 is 0 Å². The Hall–Kier alpha value is -0.870. The molecule has 1 saturated heterocycles. The van der Waals surface area contributed by atoms with Crippen molar-refractivity contribution in [2.24, 2.45) is 5.92 Å². The van der Waals surface area contributed by atoms with Crippen LogP contribution in [-0.2, 0) is 6.54 Å². The van der Waals surface area contributed by atoms with Gasteiger partial charge in [0.25, 0.3) is 0 Å². The summed E-state index contributed by atoms with van der Waals surface area (Å²) in [5.74, 6) is 0.830. The van der Waals surface area contributed by atoms with Gasteiger partial charge < -0.3 is 10.2 Å². The van der Waals surface area contributed by atoms with Crippen molar-refractivity contribution in [2.45, 2.75) is 19.4 Å². The molecule has 90 valence electrons. The molecule has 0 aliphatic carbocycles. The summed E-state index contributed by atoms with van der Waals surface area (Å²) in [4.78, 5) is 2.42. The maximum Gasteiger partial charge on any atom is 0.0536 e. The van der Waals surface area contributed by atoms with Gasteiger partial charge in [0.05, 0.1) is 6.54 Å². The van der Waals surface area contributed by atoms with Gasteiger partial charge >= 0.3 is 0 Å². The highest BCUT2D eigenvalue weighted by Gasteiger charge is 2.14. The SMILES string of the molecule is CN(CCn1cccn1)CC1CCCNC1. The normalized spacial score (nSPS) is 21.5. The van der Waals surface area contributed by atoms with E-state index in [1.54, 1.807) is 0 Å². The largest absolute Gasteiger partial charge is 0.316 e. The predicted molar refractivity (Wildman–Crippen MR) is 65.3 cm³/mol. The van der Waals surface area contributed by atoms with Crippen LogP contribution in [0.2, 0.25) is 0 Å². The number of hydrogen-bond donors (Lipinski definition) is 1. The molecule has 0 aromatic carbocycles. The van der Waals surface area contributed by atoms with Crippen LogP contribution < -0.4 is 5.32 Å². The zero-order valence-electron chi connectivity index (χ0n) is 10.1. The third-order valence-corrected chi connectivity index (χ3v) is 3.24. The third kappa shape index (κ3) is 3.61. The minimum absolute atomic E-state index is 0.830. The molecule has 1 aliphatic rings. The molecule has 1 fully saturated rings. The molecule has 0 amide bonds. The maximum atomic E-state index is 4.21.